The number of anilines is 1. The van der Waals surface area contributed by atoms with Gasteiger partial charge in [-0.2, -0.15) is 0 Å². The first-order valence-electron chi connectivity index (χ1n) is 8.33. The molecule has 3 rings (SSSR count). The maximum atomic E-state index is 12.0. The number of benzene rings is 1. The van der Waals surface area contributed by atoms with Gasteiger partial charge in [-0.15, -0.1) is 11.3 Å². The number of nitrogens with zero attached hydrogens (tertiary/aromatic N) is 2. The van der Waals surface area contributed by atoms with Crippen LogP contribution >= 0.6 is 11.3 Å². The molecule has 2 heterocycles. The van der Waals surface area contributed by atoms with Gasteiger partial charge in [0.2, 0.25) is 11.8 Å². The van der Waals surface area contributed by atoms with Crippen LogP contribution in [0.5, 0.6) is 0 Å². The summed E-state index contributed by atoms with van der Waals surface area (Å²) in [5.41, 5.74) is 1.47. The summed E-state index contributed by atoms with van der Waals surface area (Å²) in [5.74, 6) is -0.744. The van der Waals surface area contributed by atoms with E-state index in [0.717, 1.165) is 12.0 Å². The monoisotopic (exact) mass is 373 g/mol. The first kappa shape index (κ1) is 18.1. The number of rotatable bonds is 7. The van der Waals surface area contributed by atoms with E-state index in [2.05, 4.69) is 10.3 Å². The van der Waals surface area contributed by atoms with Crippen LogP contribution in [0.3, 0.4) is 0 Å². The van der Waals surface area contributed by atoms with Crippen molar-refractivity contribution in [2.45, 2.75) is 25.9 Å². The first-order chi connectivity index (χ1) is 12.6. The fourth-order valence-electron chi connectivity index (χ4n) is 2.54. The van der Waals surface area contributed by atoms with Gasteiger partial charge in [-0.3, -0.25) is 19.3 Å². The predicted molar refractivity (Wildman–Crippen MR) is 96.7 cm³/mol. The van der Waals surface area contributed by atoms with Gasteiger partial charge in [-0.25, -0.2) is 4.98 Å². The summed E-state index contributed by atoms with van der Waals surface area (Å²) >= 11 is 1.35. The smallest absolute Gasteiger partial charge is 0.325 e. The molecule has 1 N–H and O–H groups in total. The van der Waals surface area contributed by atoms with Crippen molar-refractivity contribution < 1.29 is 19.1 Å². The number of hydrogen-bond donors (Lipinski definition) is 1. The van der Waals surface area contributed by atoms with Crippen LogP contribution in [0.1, 0.15) is 24.1 Å². The second-order valence-electron chi connectivity index (χ2n) is 5.87. The molecule has 136 valence electrons. The Balaban J connectivity index is 1.40. The maximum Gasteiger partial charge on any atom is 0.325 e. The third kappa shape index (κ3) is 4.89. The van der Waals surface area contributed by atoms with Crippen LogP contribution in [0.4, 0.5) is 5.13 Å². The quantitative estimate of drug-likeness (QED) is 0.746. The highest BCUT2D eigenvalue weighted by molar-refractivity contribution is 7.14. The Hall–Kier alpha value is -2.74. The molecule has 0 saturated carbocycles. The number of carbonyl (C=O) groups excluding carboxylic acids is 3. The van der Waals surface area contributed by atoms with Crippen LogP contribution in [0.2, 0.25) is 0 Å². The van der Waals surface area contributed by atoms with E-state index in [9.17, 15) is 14.4 Å². The SMILES string of the molecule is O=C(Cc1csc(N2CCCC2=O)n1)NCC(=O)OCc1ccccc1. The molecule has 0 radical (unpaired) electrons. The third-order valence-corrected chi connectivity index (χ3v) is 4.77. The largest absolute Gasteiger partial charge is 0.460 e. The Kier molecular flexibility index (Phi) is 5.96. The molecule has 0 unspecified atom stereocenters. The molecule has 1 aliphatic heterocycles. The number of nitrogens with one attached hydrogen (secondary N) is 1. The topological polar surface area (TPSA) is 88.6 Å². The van der Waals surface area contributed by atoms with E-state index in [0.29, 0.717) is 23.8 Å². The Labute approximate surface area is 155 Å². The number of amides is 2. The minimum Gasteiger partial charge on any atom is -0.460 e. The van der Waals surface area contributed by atoms with Crippen molar-refractivity contribution in [1.29, 1.82) is 0 Å². The summed E-state index contributed by atoms with van der Waals surface area (Å²) in [5, 5.41) is 4.91. The van der Waals surface area contributed by atoms with Gasteiger partial charge in [0.25, 0.3) is 0 Å². The van der Waals surface area contributed by atoms with E-state index < -0.39 is 5.97 Å². The Morgan fingerprint density at radius 1 is 1.27 bits per heavy atom. The standard InChI is InChI=1S/C18H19N3O4S/c22-15(19-10-17(24)25-11-13-5-2-1-3-6-13)9-14-12-26-18(20-14)21-8-4-7-16(21)23/h1-3,5-6,12H,4,7-11H2,(H,19,22). The fraction of sp³-hybridized carbons (Fsp3) is 0.333. The number of carbonyl (C=O) groups is 3. The van der Waals surface area contributed by atoms with Gasteiger partial charge >= 0.3 is 5.97 Å². The molecule has 1 saturated heterocycles. The van der Waals surface area contributed by atoms with Gasteiger partial charge in [0, 0.05) is 18.3 Å². The van der Waals surface area contributed by atoms with Crippen molar-refractivity contribution in [2.24, 2.45) is 0 Å². The highest BCUT2D eigenvalue weighted by Crippen LogP contribution is 2.25. The van der Waals surface area contributed by atoms with Gasteiger partial charge < -0.3 is 10.1 Å². The van der Waals surface area contributed by atoms with Gasteiger partial charge in [-0.1, -0.05) is 30.3 Å². The predicted octanol–water partition coefficient (Wildman–Crippen LogP) is 1.67. The van der Waals surface area contributed by atoms with E-state index in [1.807, 2.05) is 30.3 Å². The van der Waals surface area contributed by atoms with E-state index >= 15 is 0 Å². The van der Waals surface area contributed by atoms with Crippen molar-refractivity contribution in [3.63, 3.8) is 0 Å². The molecule has 1 fully saturated rings. The van der Waals surface area contributed by atoms with Crippen molar-refractivity contribution in [3.05, 3.63) is 47.0 Å². The lowest BCUT2D eigenvalue weighted by Crippen LogP contribution is -2.31. The summed E-state index contributed by atoms with van der Waals surface area (Å²) in [4.78, 5) is 41.3. The van der Waals surface area contributed by atoms with Crippen molar-refractivity contribution in [2.75, 3.05) is 18.0 Å². The van der Waals surface area contributed by atoms with E-state index in [-0.39, 0.29) is 31.4 Å². The van der Waals surface area contributed by atoms with Gasteiger partial charge in [0.05, 0.1) is 12.1 Å². The maximum absolute atomic E-state index is 12.0. The van der Waals surface area contributed by atoms with Crippen molar-refractivity contribution in [3.8, 4) is 0 Å². The highest BCUT2D eigenvalue weighted by atomic mass is 32.1. The molecule has 7 nitrogen and oxygen atoms in total. The zero-order valence-corrected chi connectivity index (χ0v) is 15.0. The second-order valence-corrected chi connectivity index (χ2v) is 6.71. The summed E-state index contributed by atoms with van der Waals surface area (Å²) in [6.45, 7) is 0.660. The van der Waals surface area contributed by atoms with E-state index in [4.69, 9.17) is 4.74 Å². The zero-order valence-electron chi connectivity index (χ0n) is 14.1. The van der Waals surface area contributed by atoms with Crippen LogP contribution < -0.4 is 10.2 Å². The normalized spacial score (nSPS) is 13.7. The molecule has 2 amide bonds. The van der Waals surface area contributed by atoms with Crippen LogP contribution in [0.25, 0.3) is 0 Å². The highest BCUT2D eigenvalue weighted by Gasteiger charge is 2.24. The number of hydrogen-bond acceptors (Lipinski definition) is 6. The fourth-order valence-corrected chi connectivity index (χ4v) is 3.41. The lowest BCUT2D eigenvalue weighted by Gasteiger charge is -2.10. The lowest BCUT2D eigenvalue weighted by molar-refractivity contribution is -0.145. The Bertz CT molecular complexity index is 791. The third-order valence-electron chi connectivity index (χ3n) is 3.86. The van der Waals surface area contributed by atoms with Gasteiger partial charge in [0.15, 0.2) is 5.13 Å². The molecule has 8 heteroatoms. The molecule has 1 aromatic heterocycles. The number of ether oxygens (including phenoxy) is 1. The van der Waals surface area contributed by atoms with Gasteiger partial charge in [0.1, 0.15) is 13.2 Å². The molecular weight excluding hydrogens is 354 g/mol. The molecule has 0 bridgehead atoms. The van der Waals surface area contributed by atoms with Crippen LogP contribution in [0.15, 0.2) is 35.7 Å². The second kappa shape index (κ2) is 8.57. The molecule has 26 heavy (non-hydrogen) atoms. The summed E-state index contributed by atoms with van der Waals surface area (Å²) in [7, 11) is 0. The molecule has 0 atom stereocenters. The van der Waals surface area contributed by atoms with E-state index in [1.165, 1.54) is 11.3 Å². The Morgan fingerprint density at radius 2 is 2.08 bits per heavy atom. The average Bonchev–Trinajstić information content (AvgIpc) is 3.27. The summed E-state index contributed by atoms with van der Waals surface area (Å²) in [6.07, 6.45) is 1.43. The van der Waals surface area contributed by atoms with Gasteiger partial charge in [-0.05, 0) is 12.0 Å². The zero-order chi connectivity index (χ0) is 18.4. The molecular formula is C18H19N3O4S. The van der Waals surface area contributed by atoms with Crippen molar-refractivity contribution in [1.82, 2.24) is 10.3 Å². The average molecular weight is 373 g/mol. The first-order valence-corrected chi connectivity index (χ1v) is 9.21. The van der Waals surface area contributed by atoms with Crippen LogP contribution in [0, 0.1) is 0 Å². The minimum atomic E-state index is -0.496. The summed E-state index contributed by atoms with van der Waals surface area (Å²) in [6, 6.07) is 9.33. The Morgan fingerprint density at radius 3 is 2.81 bits per heavy atom. The summed E-state index contributed by atoms with van der Waals surface area (Å²) < 4.78 is 5.10. The molecule has 1 aromatic carbocycles. The molecule has 1 aliphatic rings. The minimum absolute atomic E-state index is 0.0600. The molecule has 2 aromatic rings. The van der Waals surface area contributed by atoms with Crippen molar-refractivity contribution >= 4 is 34.3 Å². The molecule has 0 spiro atoms. The number of thiazole rings is 1. The lowest BCUT2D eigenvalue weighted by atomic mass is 10.2. The van der Waals surface area contributed by atoms with E-state index in [1.54, 1.807) is 10.3 Å². The number of aromatic nitrogens is 1. The van der Waals surface area contributed by atoms with Crippen LogP contribution in [-0.4, -0.2) is 35.9 Å². The number of esters is 1. The molecule has 0 aliphatic carbocycles. The van der Waals surface area contributed by atoms with Crippen LogP contribution in [-0.2, 0) is 32.1 Å².